The first-order valence-electron chi connectivity index (χ1n) is 5.55. The lowest BCUT2D eigenvalue weighted by Gasteiger charge is -2.32. The van der Waals surface area contributed by atoms with E-state index in [1.54, 1.807) is 6.07 Å². The van der Waals surface area contributed by atoms with Crippen molar-refractivity contribution in [3.05, 3.63) is 24.0 Å². The Morgan fingerprint density at radius 2 is 2.31 bits per heavy atom. The highest BCUT2D eigenvalue weighted by atomic mass is 19.1. The summed E-state index contributed by atoms with van der Waals surface area (Å²) in [4.78, 5) is 2.12. The van der Waals surface area contributed by atoms with E-state index in [2.05, 4.69) is 4.90 Å². The molecule has 2 rings (SSSR count). The van der Waals surface area contributed by atoms with Crippen LogP contribution in [0.15, 0.2) is 18.2 Å². The summed E-state index contributed by atoms with van der Waals surface area (Å²) in [6.07, 6.45) is 2.12. The first kappa shape index (κ1) is 11.2. The fourth-order valence-electron chi connectivity index (χ4n) is 2.10. The van der Waals surface area contributed by atoms with E-state index in [1.165, 1.54) is 13.2 Å². The number of nitrogens with two attached hydrogens (primary N) is 1. The Hall–Kier alpha value is -1.29. The standard InChI is InChI=1S/C12H17FN2O/c1-16-12-5-4-10(7-11(12)13)15-6-2-3-9(14)8-15/h4-5,7,9H,2-3,6,8,14H2,1H3. The number of methoxy groups -OCH3 is 1. The van der Waals surface area contributed by atoms with Crippen LogP contribution >= 0.6 is 0 Å². The lowest BCUT2D eigenvalue weighted by Crippen LogP contribution is -2.42. The molecule has 1 aliphatic heterocycles. The zero-order chi connectivity index (χ0) is 11.5. The average Bonchev–Trinajstić information content (AvgIpc) is 2.29. The first-order valence-corrected chi connectivity index (χ1v) is 5.55. The van der Waals surface area contributed by atoms with Crippen LogP contribution < -0.4 is 15.4 Å². The molecule has 16 heavy (non-hydrogen) atoms. The second kappa shape index (κ2) is 4.70. The van der Waals surface area contributed by atoms with Gasteiger partial charge in [0.1, 0.15) is 0 Å². The molecule has 0 aromatic heterocycles. The molecule has 0 spiro atoms. The maximum atomic E-state index is 13.5. The van der Waals surface area contributed by atoms with Crippen LogP contribution in [0.1, 0.15) is 12.8 Å². The van der Waals surface area contributed by atoms with Crippen LogP contribution in [-0.4, -0.2) is 26.2 Å². The first-order chi connectivity index (χ1) is 7.70. The van der Waals surface area contributed by atoms with Gasteiger partial charge in [-0.15, -0.1) is 0 Å². The van der Waals surface area contributed by atoms with E-state index in [0.29, 0.717) is 0 Å². The monoisotopic (exact) mass is 224 g/mol. The molecule has 1 aromatic carbocycles. The number of halogens is 1. The van der Waals surface area contributed by atoms with Crippen LogP contribution in [0.3, 0.4) is 0 Å². The van der Waals surface area contributed by atoms with Crippen LogP contribution in [0.2, 0.25) is 0 Å². The minimum absolute atomic E-state index is 0.193. The predicted octanol–water partition coefficient (Wildman–Crippen LogP) is 1.76. The van der Waals surface area contributed by atoms with E-state index in [9.17, 15) is 4.39 Å². The van der Waals surface area contributed by atoms with Gasteiger partial charge in [-0.1, -0.05) is 0 Å². The summed E-state index contributed by atoms with van der Waals surface area (Å²) >= 11 is 0. The van der Waals surface area contributed by atoms with E-state index < -0.39 is 0 Å². The third-order valence-electron chi connectivity index (χ3n) is 2.96. The molecule has 1 unspecified atom stereocenters. The van der Waals surface area contributed by atoms with Gasteiger partial charge in [0.25, 0.3) is 0 Å². The second-order valence-electron chi connectivity index (χ2n) is 4.17. The van der Waals surface area contributed by atoms with Crippen LogP contribution in [0.25, 0.3) is 0 Å². The molecule has 1 aromatic rings. The SMILES string of the molecule is COc1ccc(N2CCCC(N)C2)cc1F. The molecular weight excluding hydrogens is 207 g/mol. The molecule has 1 aliphatic rings. The number of anilines is 1. The zero-order valence-corrected chi connectivity index (χ0v) is 9.45. The van der Waals surface area contributed by atoms with Crippen molar-refractivity contribution in [3.8, 4) is 5.75 Å². The molecule has 3 nitrogen and oxygen atoms in total. The van der Waals surface area contributed by atoms with E-state index >= 15 is 0 Å². The number of hydrogen-bond acceptors (Lipinski definition) is 3. The van der Waals surface area contributed by atoms with Crippen LogP contribution in [0.5, 0.6) is 5.75 Å². The van der Waals surface area contributed by atoms with E-state index in [1.807, 2.05) is 6.07 Å². The van der Waals surface area contributed by atoms with Crippen molar-refractivity contribution in [1.82, 2.24) is 0 Å². The van der Waals surface area contributed by atoms with Gasteiger partial charge >= 0.3 is 0 Å². The molecule has 1 heterocycles. The topological polar surface area (TPSA) is 38.5 Å². The summed E-state index contributed by atoms with van der Waals surface area (Å²) in [6, 6.07) is 5.24. The summed E-state index contributed by atoms with van der Waals surface area (Å²) in [7, 11) is 1.47. The quantitative estimate of drug-likeness (QED) is 0.832. The highest BCUT2D eigenvalue weighted by molar-refractivity contribution is 5.50. The van der Waals surface area contributed by atoms with Crippen molar-refractivity contribution < 1.29 is 9.13 Å². The van der Waals surface area contributed by atoms with Gasteiger partial charge in [-0.05, 0) is 25.0 Å². The Balaban J connectivity index is 2.17. The van der Waals surface area contributed by atoms with Crippen LogP contribution in [-0.2, 0) is 0 Å². The molecule has 88 valence electrons. The maximum Gasteiger partial charge on any atom is 0.167 e. The van der Waals surface area contributed by atoms with Gasteiger partial charge in [-0.3, -0.25) is 0 Å². The fourth-order valence-corrected chi connectivity index (χ4v) is 2.10. The number of nitrogens with zero attached hydrogens (tertiary/aromatic N) is 1. The Morgan fingerprint density at radius 1 is 1.50 bits per heavy atom. The molecule has 2 N–H and O–H groups in total. The summed E-state index contributed by atoms with van der Waals surface area (Å²) < 4.78 is 18.4. The molecule has 0 bridgehead atoms. The lowest BCUT2D eigenvalue weighted by molar-refractivity contribution is 0.386. The highest BCUT2D eigenvalue weighted by Gasteiger charge is 2.17. The van der Waals surface area contributed by atoms with Crippen molar-refractivity contribution in [3.63, 3.8) is 0 Å². The normalized spacial score (nSPS) is 20.9. The van der Waals surface area contributed by atoms with Gasteiger partial charge in [-0.2, -0.15) is 0 Å². The van der Waals surface area contributed by atoms with Gasteiger partial charge in [0.05, 0.1) is 7.11 Å². The van der Waals surface area contributed by atoms with Gasteiger partial charge in [-0.25, -0.2) is 4.39 Å². The lowest BCUT2D eigenvalue weighted by atomic mass is 10.1. The molecule has 1 saturated heterocycles. The molecule has 1 atom stereocenters. The largest absolute Gasteiger partial charge is 0.494 e. The van der Waals surface area contributed by atoms with Crippen molar-refractivity contribution in [2.45, 2.75) is 18.9 Å². The Kier molecular flexibility index (Phi) is 3.29. The third kappa shape index (κ3) is 2.27. The highest BCUT2D eigenvalue weighted by Crippen LogP contribution is 2.25. The third-order valence-corrected chi connectivity index (χ3v) is 2.96. The summed E-state index contributed by atoms with van der Waals surface area (Å²) in [5.74, 6) is -0.0378. The number of benzene rings is 1. The molecule has 0 amide bonds. The van der Waals surface area contributed by atoms with Crippen molar-refractivity contribution in [2.75, 3.05) is 25.1 Å². The maximum absolute atomic E-state index is 13.5. The number of hydrogen-bond donors (Lipinski definition) is 1. The Bertz CT molecular complexity index is 370. The Morgan fingerprint density at radius 3 is 2.94 bits per heavy atom. The molecule has 0 aliphatic carbocycles. The zero-order valence-electron chi connectivity index (χ0n) is 9.45. The van der Waals surface area contributed by atoms with E-state index in [-0.39, 0.29) is 17.6 Å². The van der Waals surface area contributed by atoms with Crippen molar-refractivity contribution >= 4 is 5.69 Å². The molecule has 0 radical (unpaired) electrons. The van der Waals surface area contributed by atoms with Crippen molar-refractivity contribution in [1.29, 1.82) is 0 Å². The minimum atomic E-state index is -0.320. The second-order valence-corrected chi connectivity index (χ2v) is 4.17. The number of ether oxygens (including phenoxy) is 1. The number of rotatable bonds is 2. The minimum Gasteiger partial charge on any atom is -0.494 e. The summed E-state index contributed by atoms with van der Waals surface area (Å²) in [5, 5.41) is 0. The van der Waals surface area contributed by atoms with Crippen LogP contribution in [0.4, 0.5) is 10.1 Å². The van der Waals surface area contributed by atoms with Gasteiger partial charge in [0.2, 0.25) is 0 Å². The smallest absolute Gasteiger partial charge is 0.167 e. The summed E-state index contributed by atoms with van der Waals surface area (Å²) in [5.41, 5.74) is 6.78. The van der Waals surface area contributed by atoms with Crippen molar-refractivity contribution in [2.24, 2.45) is 5.73 Å². The van der Waals surface area contributed by atoms with E-state index in [0.717, 1.165) is 31.6 Å². The molecule has 1 fully saturated rings. The predicted molar refractivity (Wildman–Crippen MR) is 62.4 cm³/mol. The Labute approximate surface area is 95.0 Å². The molecule has 4 heteroatoms. The molecule has 0 saturated carbocycles. The van der Waals surface area contributed by atoms with E-state index in [4.69, 9.17) is 10.5 Å². The summed E-state index contributed by atoms with van der Waals surface area (Å²) in [6.45, 7) is 1.74. The van der Waals surface area contributed by atoms with Gasteiger partial charge in [0, 0.05) is 30.9 Å². The number of piperidine rings is 1. The molecular formula is C12H17FN2O. The fraction of sp³-hybridized carbons (Fsp3) is 0.500. The average molecular weight is 224 g/mol. The van der Waals surface area contributed by atoms with Crippen LogP contribution in [0, 0.1) is 5.82 Å². The van der Waals surface area contributed by atoms with Gasteiger partial charge in [0.15, 0.2) is 11.6 Å². The van der Waals surface area contributed by atoms with Gasteiger partial charge < -0.3 is 15.4 Å².